The molecule has 0 saturated heterocycles. The van der Waals surface area contributed by atoms with Gasteiger partial charge in [-0.15, -0.1) is 0 Å². The van der Waals surface area contributed by atoms with Crippen LogP contribution in [-0.4, -0.2) is 6.04 Å². The van der Waals surface area contributed by atoms with Gasteiger partial charge in [-0.2, -0.15) is 4.91 Å². The highest BCUT2D eigenvalue weighted by Crippen LogP contribution is 2.12. The number of hydrogen-bond acceptors (Lipinski definition) is 2. The summed E-state index contributed by atoms with van der Waals surface area (Å²) in [5, 5.41) is 3.07. The van der Waals surface area contributed by atoms with Crippen LogP contribution < -0.4 is 0 Å². The molecule has 0 fully saturated rings. The summed E-state index contributed by atoms with van der Waals surface area (Å²) in [5.74, 6) is 0.592. The van der Waals surface area contributed by atoms with Crippen LogP contribution >= 0.6 is 0 Å². The Morgan fingerprint density at radius 2 is 2.00 bits per heavy atom. The number of nitrogens with zero attached hydrogens (tertiary/aromatic N) is 1. The Labute approximate surface area is 63.0 Å². The summed E-state index contributed by atoms with van der Waals surface area (Å²) in [6, 6.07) is 0.0602. The summed E-state index contributed by atoms with van der Waals surface area (Å²) < 4.78 is 0. The zero-order valence-corrected chi connectivity index (χ0v) is 7.13. The van der Waals surface area contributed by atoms with E-state index in [-0.39, 0.29) is 6.04 Å². The molecule has 0 aliphatic heterocycles. The molecule has 0 bridgehead atoms. The maximum atomic E-state index is 10.2. The Hall–Kier alpha value is -0.400. The van der Waals surface area contributed by atoms with E-state index in [2.05, 4.69) is 25.9 Å². The highest BCUT2D eigenvalue weighted by Gasteiger charge is 2.08. The lowest BCUT2D eigenvalue weighted by Crippen LogP contribution is -2.06. The highest BCUT2D eigenvalue weighted by molar-refractivity contribution is 4.66. The van der Waals surface area contributed by atoms with Crippen molar-refractivity contribution in [2.75, 3.05) is 0 Å². The molecule has 1 atom stereocenters. The van der Waals surface area contributed by atoms with E-state index in [0.29, 0.717) is 5.92 Å². The van der Waals surface area contributed by atoms with Gasteiger partial charge >= 0.3 is 0 Å². The Morgan fingerprint density at radius 1 is 1.40 bits per heavy atom. The molecule has 0 aromatic rings. The smallest absolute Gasteiger partial charge is 0.0922 e. The summed E-state index contributed by atoms with van der Waals surface area (Å²) in [7, 11) is 0. The molecule has 0 aliphatic carbocycles. The van der Waals surface area contributed by atoms with Gasteiger partial charge in [0.05, 0.1) is 6.04 Å². The van der Waals surface area contributed by atoms with Crippen molar-refractivity contribution in [1.82, 2.24) is 0 Å². The molecule has 0 aromatic heterocycles. The first-order chi connectivity index (χ1) is 4.70. The lowest BCUT2D eigenvalue weighted by atomic mass is 10.0. The molecule has 0 saturated carbocycles. The van der Waals surface area contributed by atoms with E-state index in [1.54, 1.807) is 0 Å². The van der Waals surface area contributed by atoms with Crippen LogP contribution in [0, 0.1) is 10.8 Å². The van der Waals surface area contributed by atoms with Gasteiger partial charge in [-0.25, -0.2) is 0 Å². The molecule has 60 valence electrons. The van der Waals surface area contributed by atoms with Gasteiger partial charge in [0.2, 0.25) is 0 Å². The van der Waals surface area contributed by atoms with Gasteiger partial charge in [0, 0.05) is 0 Å². The van der Waals surface area contributed by atoms with Crippen LogP contribution in [0.3, 0.4) is 0 Å². The average molecular weight is 143 g/mol. The zero-order valence-electron chi connectivity index (χ0n) is 7.13. The van der Waals surface area contributed by atoms with E-state index in [1.807, 2.05) is 0 Å². The molecule has 2 nitrogen and oxygen atoms in total. The minimum Gasteiger partial charge on any atom is -0.151 e. The monoisotopic (exact) mass is 143 g/mol. The fourth-order valence-electron chi connectivity index (χ4n) is 1.09. The van der Waals surface area contributed by atoms with Gasteiger partial charge in [-0.05, 0) is 18.8 Å². The molecule has 0 aliphatic rings. The number of rotatable bonds is 5. The van der Waals surface area contributed by atoms with Crippen LogP contribution in [0.2, 0.25) is 0 Å². The van der Waals surface area contributed by atoms with Crippen molar-refractivity contribution in [1.29, 1.82) is 0 Å². The molecule has 0 heterocycles. The largest absolute Gasteiger partial charge is 0.151 e. The fraction of sp³-hybridized carbons (Fsp3) is 1.00. The van der Waals surface area contributed by atoms with Crippen LogP contribution in [0.4, 0.5) is 0 Å². The van der Waals surface area contributed by atoms with Gasteiger partial charge < -0.3 is 0 Å². The predicted octanol–water partition coefficient (Wildman–Crippen LogP) is 2.97. The van der Waals surface area contributed by atoms with Crippen LogP contribution in [-0.2, 0) is 0 Å². The molecular formula is C8H17NO. The normalized spacial score (nSPS) is 13.6. The molecule has 0 unspecified atom stereocenters. The third-order valence-corrected chi connectivity index (χ3v) is 1.51. The lowest BCUT2D eigenvalue weighted by molar-refractivity contribution is 0.469. The number of nitroso groups, excluding NO2 is 1. The van der Waals surface area contributed by atoms with Gasteiger partial charge in [-0.1, -0.05) is 32.4 Å². The van der Waals surface area contributed by atoms with Crippen molar-refractivity contribution < 1.29 is 0 Å². The van der Waals surface area contributed by atoms with E-state index in [4.69, 9.17) is 0 Å². The van der Waals surface area contributed by atoms with Crippen molar-refractivity contribution >= 4 is 0 Å². The number of hydrogen-bond donors (Lipinski definition) is 0. The first kappa shape index (κ1) is 9.60. The van der Waals surface area contributed by atoms with Crippen molar-refractivity contribution in [3.63, 3.8) is 0 Å². The Bertz CT molecular complexity index is 91.3. The Kier molecular flexibility index (Phi) is 5.17. The van der Waals surface area contributed by atoms with Gasteiger partial charge in [0.1, 0.15) is 0 Å². The Balaban J connectivity index is 3.49. The maximum Gasteiger partial charge on any atom is 0.0922 e. The van der Waals surface area contributed by atoms with E-state index in [9.17, 15) is 4.91 Å². The molecule has 0 aromatic carbocycles. The van der Waals surface area contributed by atoms with Crippen molar-refractivity contribution in [3.05, 3.63) is 4.91 Å². The minimum absolute atomic E-state index is 0.0602. The lowest BCUT2D eigenvalue weighted by Gasteiger charge is -2.08. The summed E-state index contributed by atoms with van der Waals surface area (Å²) in [4.78, 5) is 10.2. The predicted molar refractivity (Wildman–Crippen MR) is 43.9 cm³/mol. The first-order valence-electron chi connectivity index (χ1n) is 4.03. The van der Waals surface area contributed by atoms with Crippen molar-refractivity contribution in [3.8, 4) is 0 Å². The summed E-state index contributed by atoms with van der Waals surface area (Å²) in [6.45, 7) is 6.32. The average Bonchev–Trinajstić information content (AvgIpc) is 1.86. The fourth-order valence-corrected chi connectivity index (χ4v) is 1.09. The van der Waals surface area contributed by atoms with Crippen molar-refractivity contribution in [2.24, 2.45) is 11.1 Å². The van der Waals surface area contributed by atoms with E-state index in [1.165, 1.54) is 0 Å². The van der Waals surface area contributed by atoms with Crippen molar-refractivity contribution in [2.45, 2.75) is 46.1 Å². The highest BCUT2D eigenvalue weighted by atomic mass is 16.3. The van der Waals surface area contributed by atoms with Gasteiger partial charge in [0.25, 0.3) is 0 Å². The molecule has 0 spiro atoms. The third-order valence-electron chi connectivity index (χ3n) is 1.51. The van der Waals surface area contributed by atoms with Crippen LogP contribution in [0.5, 0.6) is 0 Å². The summed E-state index contributed by atoms with van der Waals surface area (Å²) in [6.07, 6.45) is 2.95. The second-order valence-electron chi connectivity index (χ2n) is 3.18. The molecule has 2 heteroatoms. The molecule has 10 heavy (non-hydrogen) atoms. The molecule has 0 N–H and O–H groups in total. The van der Waals surface area contributed by atoms with Gasteiger partial charge in [0.15, 0.2) is 0 Å². The maximum absolute atomic E-state index is 10.2. The second-order valence-corrected chi connectivity index (χ2v) is 3.18. The second kappa shape index (κ2) is 5.39. The SMILES string of the molecule is CCC[C@@H](CC(C)C)N=O. The summed E-state index contributed by atoms with van der Waals surface area (Å²) in [5.41, 5.74) is 0. The quantitative estimate of drug-likeness (QED) is 0.544. The standard InChI is InChI=1S/C8H17NO/c1-4-5-8(9-10)6-7(2)3/h7-8H,4-6H2,1-3H3/t8-/m0/s1. The third kappa shape index (κ3) is 4.48. The first-order valence-corrected chi connectivity index (χ1v) is 4.03. The van der Waals surface area contributed by atoms with Crippen LogP contribution in [0.1, 0.15) is 40.0 Å². The van der Waals surface area contributed by atoms with E-state index < -0.39 is 0 Å². The van der Waals surface area contributed by atoms with Crippen LogP contribution in [0.15, 0.2) is 5.18 Å². The zero-order chi connectivity index (χ0) is 7.98. The van der Waals surface area contributed by atoms with E-state index >= 15 is 0 Å². The molecule has 0 amide bonds. The topological polar surface area (TPSA) is 29.4 Å². The van der Waals surface area contributed by atoms with Crippen LogP contribution in [0.25, 0.3) is 0 Å². The Morgan fingerprint density at radius 3 is 2.30 bits per heavy atom. The molecular weight excluding hydrogens is 126 g/mol. The van der Waals surface area contributed by atoms with Gasteiger partial charge in [-0.3, -0.25) is 0 Å². The van der Waals surface area contributed by atoms with E-state index in [0.717, 1.165) is 19.3 Å². The molecule has 0 rings (SSSR count). The summed E-state index contributed by atoms with van der Waals surface area (Å²) >= 11 is 0. The minimum atomic E-state index is 0.0602. The molecule has 0 radical (unpaired) electrons.